The summed E-state index contributed by atoms with van der Waals surface area (Å²) in [7, 11) is -4.40. The summed E-state index contributed by atoms with van der Waals surface area (Å²) in [5.74, 6) is -3.25. The van der Waals surface area contributed by atoms with Crippen LogP contribution < -0.4 is 10.3 Å². The van der Waals surface area contributed by atoms with Gasteiger partial charge in [0.05, 0.1) is 21.0 Å². The second kappa shape index (κ2) is 7.05. The molecule has 0 bridgehead atoms. The molecule has 0 aliphatic heterocycles. The van der Waals surface area contributed by atoms with Crippen LogP contribution in [0, 0.1) is 5.82 Å². The van der Waals surface area contributed by atoms with Crippen LogP contribution in [-0.2, 0) is 16.2 Å². The number of nitrogens with zero attached hydrogens (tertiary/aromatic N) is 1. The Labute approximate surface area is 148 Å². The average molecular weight is 414 g/mol. The van der Waals surface area contributed by atoms with Crippen molar-refractivity contribution in [3.05, 3.63) is 52.4 Å². The smallest absolute Gasteiger partial charge is 0.417 e. The van der Waals surface area contributed by atoms with Crippen LogP contribution in [0.3, 0.4) is 0 Å². The molecular formula is C13H8ClF4N3O4S. The standard InChI is InChI=1S/C13H8ClF4N3O4S/c14-9-3-6(13(16,17)18)5-19-11(9)20-21-26(24,25)7-1-2-10(15)8(4-7)12(22)23/h1-5,21H,(H,19,20)(H,22,23). The molecule has 0 saturated heterocycles. The van der Waals surface area contributed by atoms with Crippen LogP contribution in [0.5, 0.6) is 0 Å². The highest BCUT2D eigenvalue weighted by Gasteiger charge is 2.31. The van der Waals surface area contributed by atoms with E-state index in [2.05, 4.69) is 4.98 Å². The molecule has 0 fully saturated rings. The summed E-state index contributed by atoms with van der Waals surface area (Å²) in [6.07, 6.45) is -4.25. The zero-order chi connectivity index (χ0) is 19.7. The molecule has 140 valence electrons. The quantitative estimate of drug-likeness (QED) is 0.514. The van der Waals surface area contributed by atoms with Crippen molar-refractivity contribution in [1.82, 2.24) is 9.82 Å². The second-order valence-corrected chi connectivity index (χ2v) is 6.82. The number of benzene rings is 1. The second-order valence-electron chi connectivity index (χ2n) is 4.73. The Bertz CT molecular complexity index is 966. The van der Waals surface area contributed by atoms with E-state index in [1.54, 1.807) is 4.83 Å². The number of carboxylic acids is 1. The third-order valence-corrected chi connectivity index (χ3v) is 4.48. The number of rotatable bonds is 5. The summed E-state index contributed by atoms with van der Waals surface area (Å²) < 4.78 is 75.1. The van der Waals surface area contributed by atoms with E-state index < -0.39 is 54.8 Å². The predicted octanol–water partition coefficient (Wildman–Crippen LogP) is 2.90. The van der Waals surface area contributed by atoms with Gasteiger partial charge >= 0.3 is 12.1 Å². The monoisotopic (exact) mass is 413 g/mol. The summed E-state index contributed by atoms with van der Waals surface area (Å²) in [5, 5.41) is 8.28. The van der Waals surface area contributed by atoms with Crippen LogP contribution in [0.1, 0.15) is 15.9 Å². The molecule has 0 unspecified atom stereocenters. The number of alkyl halides is 3. The summed E-state index contributed by atoms with van der Waals surface area (Å²) >= 11 is 5.61. The lowest BCUT2D eigenvalue weighted by Crippen LogP contribution is -2.30. The number of hydrazine groups is 1. The van der Waals surface area contributed by atoms with Crippen molar-refractivity contribution in [3.63, 3.8) is 0 Å². The lowest BCUT2D eigenvalue weighted by atomic mass is 10.2. The Morgan fingerprint density at radius 3 is 2.42 bits per heavy atom. The van der Waals surface area contributed by atoms with Crippen molar-refractivity contribution in [2.24, 2.45) is 0 Å². The first-order valence-corrected chi connectivity index (χ1v) is 8.31. The molecule has 0 aliphatic carbocycles. The molecule has 1 aromatic heterocycles. The Morgan fingerprint density at radius 1 is 1.23 bits per heavy atom. The van der Waals surface area contributed by atoms with Gasteiger partial charge in [-0.3, -0.25) is 5.43 Å². The Hall–Kier alpha value is -2.44. The average Bonchev–Trinajstić information content (AvgIpc) is 2.52. The van der Waals surface area contributed by atoms with Crippen LogP contribution in [0.15, 0.2) is 35.4 Å². The number of nitrogens with one attached hydrogen (secondary N) is 2. The molecule has 0 aliphatic rings. The summed E-state index contributed by atoms with van der Waals surface area (Å²) in [6, 6.07) is 2.55. The third kappa shape index (κ3) is 4.39. The Morgan fingerprint density at radius 2 is 1.88 bits per heavy atom. The van der Waals surface area contributed by atoms with E-state index in [1.807, 2.05) is 5.43 Å². The first-order chi connectivity index (χ1) is 11.9. The number of hydrogen-bond acceptors (Lipinski definition) is 5. The number of pyridine rings is 1. The number of halogens is 5. The van der Waals surface area contributed by atoms with Crippen molar-refractivity contribution in [1.29, 1.82) is 0 Å². The van der Waals surface area contributed by atoms with E-state index in [0.717, 1.165) is 6.07 Å². The van der Waals surface area contributed by atoms with Gasteiger partial charge in [0.1, 0.15) is 5.82 Å². The zero-order valence-electron chi connectivity index (χ0n) is 12.3. The minimum atomic E-state index is -4.68. The topological polar surface area (TPSA) is 108 Å². The van der Waals surface area contributed by atoms with Gasteiger partial charge in [-0.05, 0) is 24.3 Å². The minimum Gasteiger partial charge on any atom is -0.478 e. The SMILES string of the molecule is O=C(O)c1cc(S(=O)(=O)NNc2ncc(C(F)(F)F)cc2Cl)ccc1F. The maximum atomic E-state index is 13.3. The number of carbonyl (C=O) groups is 1. The van der Waals surface area contributed by atoms with E-state index in [9.17, 15) is 30.8 Å². The molecule has 2 aromatic rings. The molecule has 0 radical (unpaired) electrons. The number of sulfonamides is 1. The molecule has 0 amide bonds. The van der Waals surface area contributed by atoms with Crippen LogP contribution in [0.2, 0.25) is 5.02 Å². The molecule has 0 spiro atoms. The van der Waals surface area contributed by atoms with Crippen LogP contribution in [-0.4, -0.2) is 24.5 Å². The van der Waals surface area contributed by atoms with Crippen molar-refractivity contribution >= 4 is 33.4 Å². The summed E-state index contributed by atoms with van der Waals surface area (Å²) in [6.45, 7) is 0. The van der Waals surface area contributed by atoms with E-state index in [0.29, 0.717) is 24.4 Å². The lowest BCUT2D eigenvalue weighted by molar-refractivity contribution is -0.137. The fourth-order valence-corrected chi connectivity index (χ4v) is 2.78. The normalized spacial score (nSPS) is 12.0. The van der Waals surface area contributed by atoms with Gasteiger partial charge in [-0.25, -0.2) is 22.6 Å². The highest BCUT2D eigenvalue weighted by Crippen LogP contribution is 2.32. The van der Waals surface area contributed by atoms with Crippen LogP contribution in [0.25, 0.3) is 0 Å². The first-order valence-electron chi connectivity index (χ1n) is 6.45. The molecule has 13 heteroatoms. The van der Waals surface area contributed by atoms with Gasteiger partial charge < -0.3 is 5.11 Å². The molecule has 26 heavy (non-hydrogen) atoms. The van der Waals surface area contributed by atoms with Crippen molar-refractivity contribution < 1.29 is 35.9 Å². The van der Waals surface area contributed by atoms with Gasteiger partial charge in [0, 0.05) is 6.20 Å². The van der Waals surface area contributed by atoms with Gasteiger partial charge in [0.25, 0.3) is 10.0 Å². The third-order valence-electron chi connectivity index (χ3n) is 2.95. The van der Waals surface area contributed by atoms with E-state index in [4.69, 9.17) is 16.7 Å². The molecule has 1 heterocycles. The molecule has 0 saturated carbocycles. The number of carboxylic acid groups (broad SMARTS) is 1. The number of anilines is 1. The van der Waals surface area contributed by atoms with Gasteiger partial charge in [0.2, 0.25) is 0 Å². The van der Waals surface area contributed by atoms with E-state index in [-0.39, 0.29) is 0 Å². The molecule has 0 atom stereocenters. The maximum Gasteiger partial charge on any atom is 0.417 e. The van der Waals surface area contributed by atoms with Gasteiger partial charge in [-0.2, -0.15) is 13.2 Å². The first kappa shape index (κ1) is 19.9. The Balaban J connectivity index is 2.24. The van der Waals surface area contributed by atoms with Crippen molar-refractivity contribution in [3.8, 4) is 0 Å². The van der Waals surface area contributed by atoms with Gasteiger partial charge in [-0.15, -0.1) is 4.83 Å². The molecule has 7 nitrogen and oxygen atoms in total. The van der Waals surface area contributed by atoms with Crippen LogP contribution >= 0.6 is 11.6 Å². The lowest BCUT2D eigenvalue weighted by Gasteiger charge is -2.12. The summed E-state index contributed by atoms with van der Waals surface area (Å²) in [5.41, 5.74) is -0.0106. The number of aromatic carboxylic acids is 1. The Kier molecular flexibility index (Phi) is 5.39. The predicted molar refractivity (Wildman–Crippen MR) is 81.6 cm³/mol. The van der Waals surface area contributed by atoms with Crippen molar-refractivity contribution in [2.75, 3.05) is 5.43 Å². The fraction of sp³-hybridized carbons (Fsp3) is 0.0769. The summed E-state index contributed by atoms with van der Waals surface area (Å²) in [4.78, 5) is 15.4. The zero-order valence-corrected chi connectivity index (χ0v) is 13.9. The van der Waals surface area contributed by atoms with Gasteiger partial charge in [-0.1, -0.05) is 11.6 Å². The molecule has 2 rings (SSSR count). The van der Waals surface area contributed by atoms with Gasteiger partial charge in [0.15, 0.2) is 5.82 Å². The maximum absolute atomic E-state index is 13.3. The minimum absolute atomic E-state index is 0.427. The molecular weight excluding hydrogens is 406 g/mol. The highest BCUT2D eigenvalue weighted by molar-refractivity contribution is 7.89. The van der Waals surface area contributed by atoms with E-state index >= 15 is 0 Å². The molecule has 3 N–H and O–H groups in total. The molecule has 1 aromatic carbocycles. The fourth-order valence-electron chi connectivity index (χ4n) is 1.69. The number of hydrogen-bond donors (Lipinski definition) is 3. The van der Waals surface area contributed by atoms with Crippen LogP contribution in [0.4, 0.5) is 23.4 Å². The van der Waals surface area contributed by atoms with E-state index in [1.165, 1.54) is 0 Å². The highest BCUT2D eigenvalue weighted by atomic mass is 35.5. The largest absolute Gasteiger partial charge is 0.478 e. The number of aromatic nitrogens is 1. The van der Waals surface area contributed by atoms with Crippen molar-refractivity contribution in [2.45, 2.75) is 11.1 Å².